The van der Waals surface area contributed by atoms with Crippen LogP contribution in [0.15, 0.2) is 51.8 Å². The van der Waals surface area contributed by atoms with E-state index in [4.69, 9.17) is 0 Å². The summed E-state index contributed by atoms with van der Waals surface area (Å²) in [6.07, 6.45) is 0. The molecule has 0 aliphatic rings. The fraction of sp³-hybridized carbons (Fsp3) is 0.133. The van der Waals surface area contributed by atoms with Gasteiger partial charge in [0.25, 0.3) is 0 Å². The number of rotatable bonds is 5. The van der Waals surface area contributed by atoms with E-state index in [1.165, 1.54) is 24.3 Å². The van der Waals surface area contributed by atoms with Crippen LogP contribution >= 0.6 is 15.9 Å². The average Bonchev–Trinajstić information content (AvgIpc) is 2.47. The Labute approximate surface area is 134 Å². The highest BCUT2D eigenvalue weighted by molar-refractivity contribution is 9.10. The number of nitrogens with one attached hydrogen (secondary N) is 1. The molecule has 0 bridgehead atoms. The number of benzene rings is 2. The fourth-order valence-corrected chi connectivity index (χ4v) is 3.32. The standard InChI is InChI=1S/C15H13BrFNO2S/c1-2-18-21(20)12-7-8-13(14(16)9-12)15(19)10-3-5-11(17)6-4-10/h3-9,18H,2H2,1H3. The summed E-state index contributed by atoms with van der Waals surface area (Å²) < 4.78 is 28.1. The first kappa shape index (κ1) is 16.2. The van der Waals surface area contributed by atoms with Crippen molar-refractivity contribution in [2.24, 2.45) is 0 Å². The van der Waals surface area contributed by atoms with Crippen LogP contribution in [0.5, 0.6) is 0 Å². The number of hydrogen-bond acceptors (Lipinski definition) is 3. The molecule has 0 radical (unpaired) electrons. The summed E-state index contributed by atoms with van der Waals surface area (Å²) in [5.41, 5.74) is 0.844. The molecule has 0 spiro atoms. The van der Waals surface area contributed by atoms with Crippen LogP contribution in [-0.4, -0.2) is 16.9 Å². The summed E-state index contributed by atoms with van der Waals surface area (Å²) in [5, 5.41) is 0. The van der Waals surface area contributed by atoms with Gasteiger partial charge in [-0.3, -0.25) is 4.79 Å². The quantitative estimate of drug-likeness (QED) is 0.648. The second-order valence-corrected chi connectivity index (χ2v) is 6.40. The lowest BCUT2D eigenvalue weighted by Gasteiger charge is -2.11. The van der Waals surface area contributed by atoms with Crippen LogP contribution in [0.25, 0.3) is 0 Å². The molecule has 1 atom stereocenters. The predicted octanol–water partition coefficient (Wildman–Crippen LogP) is 3.45. The van der Waals surface area contributed by atoms with E-state index in [9.17, 15) is 13.7 Å². The number of halogens is 2. The molecule has 1 unspecified atom stereocenters. The van der Waals surface area contributed by atoms with Crippen molar-refractivity contribution in [2.75, 3.05) is 6.54 Å². The monoisotopic (exact) mass is 369 g/mol. The highest BCUT2D eigenvalue weighted by atomic mass is 79.9. The summed E-state index contributed by atoms with van der Waals surface area (Å²) >= 11 is 2.02. The van der Waals surface area contributed by atoms with Crippen molar-refractivity contribution in [3.05, 3.63) is 63.9 Å². The van der Waals surface area contributed by atoms with Crippen LogP contribution in [-0.2, 0) is 11.4 Å². The van der Waals surface area contributed by atoms with Crippen LogP contribution in [0.4, 0.5) is 4.39 Å². The molecule has 3 nitrogen and oxygen atoms in total. The van der Waals surface area contributed by atoms with E-state index < -0.39 is 11.4 Å². The van der Waals surface area contributed by atoms with Gasteiger partial charge >= 0.3 is 0 Å². The minimum Gasteiger partial charge on any atom is -0.593 e. The molecule has 0 heterocycles. The van der Waals surface area contributed by atoms with Gasteiger partial charge in [-0.25, -0.2) is 4.39 Å². The molecular weight excluding hydrogens is 357 g/mol. The first-order chi connectivity index (χ1) is 10.0. The average molecular weight is 370 g/mol. The first-order valence-electron chi connectivity index (χ1n) is 6.28. The minimum absolute atomic E-state index is 0.220. The zero-order valence-corrected chi connectivity index (χ0v) is 13.6. The summed E-state index contributed by atoms with van der Waals surface area (Å²) in [6, 6.07) is 10.3. The number of ketones is 1. The van der Waals surface area contributed by atoms with Crippen LogP contribution < -0.4 is 4.72 Å². The molecule has 0 saturated heterocycles. The molecule has 2 aromatic carbocycles. The van der Waals surface area contributed by atoms with E-state index in [-0.39, 0.29) is 11.6 Å². The maximum absolute atomic E-state index is 12.9. The van der Waals surface area contributed by atoms with Gasteiger partial charge in [-0.2, -0.15) is 0 Å². The third-order valence-corrected chi connectivity index (χ3v) is 4.67. The smallest absolute Gasteiger partial charge is 0.194 e. The van der Waals surface area contributed by atoms with E-state index in [0.29, 0.717) is 27.0 Å². The van der Waals surface area contributed by atoms with Crippen molar-refractivity contribution in [3.63, 3.8) is 0 Å². The second kappa shape index (κ2) is 7.17. The van der Waals surface area contributed by atoms with Crippen LogP contribution in [0, 0.1) is 5.82 Å². The molecule has 0 amide bonds. The maximum Gasteiger partial charge on any atom is 0.194 e. The highest BCUT2D eigenvalue weighted by Gasteiger charge is 2.17. The molecule has 6 heteroatoms. The molecule has 0 saturated carbocycles. The Morgan fingerprint density at radius 3 is 2.52 bits per heavy atom. The van der Waals surface area contributed by atoms with Gasteiger partial charge in [-0.15, -0.1) is 4.72 Å². The van der Waals surface area contributed by atoms with E-state index in [1.54, 1.807) is 18.2 Å². The lowest BCUT2D eigenvalue weighted by atomic mass is 10.0. The Hall–Kier alpha value is -1.21. The largest absolute Gasteiger partial charge is 0.593 e. The third kappa shape index (κ3) is 3.91. The highest BCUT2D eigenvalue weighted by Crippen LogP contribution is 2.24. The zero-order valence-electron chi connectivity index (χ0n) is 11.2. The van der Waals surface area contributed by atoms with Crippen molar-refractivity contribution >= 4 is 33.1 Å². The minimum atomic E-state index is -1.30. The van der Waals surface area contributed by atoms with E-state index in [0.717, 1.165) is 0 Å². The molecule has 2 aromatic rings. The summed E-state index contributed by atoms with van der Waals surface area (Å²) in [5.74, 6) is -0.607. The molecular formula is C15H13BrFNO2S. The van der Waals surface area contributed by atoms with Gasteiger partial charge in [-0.05, 0) is 59.3 Å². The van der Waals surface area contributed by atoms with Crippen molar-refractivity contribution in [3.8, 4) is 0 Å². The Balaban J connectivity index is 2.28. The van der Waals surface area contributed by atoms with Gasteiger partial charge in [0.05, 0.1) is 11.4 Å². The lowest BCUT2D eigenvalue weighted by Crippen LogP contribution is -2.23. The maximum atomic E-state index is 12.9. The SMILES string of the molecule is CCN[S+]([O-])c1ccc(C(=O)c2ccc(F)cc2)c(Br)c1. The normalized spacial score (nSPS) is 12.2. The molecule has 110 valence electrons. The van der Waals surface area contributed by atoms with Crippen molar-refractivity contribution in [1.29, 1.82) is 0 Å². The van der Waals surface area contributed by atoms with Gasteiger partial charge in [0.1, 0.15) is 5.82 Å². The van der Waals surface area contributed by atoms with Crippen LogP contribution in [0.2, 0.25) is 0 Å². The molecule has 2 rings (SSSR count). The van der Waals surface area contributed by atoms with E-state index in [1.807, 2.05) is 6.92 Å². The fourth-order valence-electron chi connectivity index (χ4n) is 1.77. The number of carbonyl (C=O) groups excluding carboxylic acids is 1. The van der Waals surface area contributed by atoms with Gasteiger partial charge in [0.2, 0.25) is 0 Å². The van der Waals surface area contributed by atoms with Gasteiger partial charge in [0, 0.05) is 28.2 Å². The van der Waals surface area contributed by atoms with Crippen LogP contribution in [0.3, 0.4) is 0 Å². The summed E-state index contributed by atoms with van der Waals surface area (Å²) in [6.45, 7) is 2.44. The zero-order chi connectivity index (χ0) is 15.4. The first-order valence-corrected chi connectivity index (χ1v) is 8.22. The molecule has 0 aromatic heterocycles. The van der Waals surface area contributed by atoms with Crippen molar-refractivity contribution < 1.29 is 13.7 Å². The topological polar surface area (TPSA) is 52.2 Å². The molecule has 1 N–H and O–H groups in total. The Morgan fingerprint density at radius 2 is 1.95 bits per heavy atom. The molecule has 0 fully saturated rings. The summed E-state index contributed by atoms with van der Waals surface area (Å²) in [4.78, 5) is 12.9. The van der Waals surface area contributed by atoms with Crippen LogP contribution in [0.1, 0.15) is 22.8 Å². The third-order valence-electron chi connectivity index (χ3n) is 2.78. The van der Waals surface area contributed by atoms with Gasteiger partial charge in [0.15, 0.2) is 10.7 Å². The van der Waals surface area contributed by atoms with Crippen molar-refractivity contribution in [2.45, 2.75) is 11.8 Å². The molecule has 21 heavy (non-hydrogen) atoms. The molecule has 0 aliphatic carbocycles. The summed E-state index contributed by atoms with van der Waals surface area (Å²) in [7, 11) is 0. The van der Waals surface area contributed by atoms with E-state index in [2.05, 4.69) is 20.7 Å². The number of hydrogen-bond donors (Lipinski definition) is 1. The number of carbonyl (C=O) groups is 1. The van der Waals surface area contributed by atoms with Crippen molar-refractivity contribution in [1.82, 2.24) is 4.72 Å². The Kier molecular flexibility index (Phi) is 5.52. The Bertz CT molecular complexity index is 649. The van der Waals surface area contributed by atoms with Gasteiger partial charge < -0.3 is 4.55 Å². The van der Waals surface area contributed by atoms with E-state index >= 15 is 0 Å². The Morgan fingerprint density at radius 1 is 1.29 bits per heavy atom. The lowest BCUT2D eigenvalue weighted by molar-refractivity contribution is 0.103. The molecule has 0 aliphatic heterocycles. The van der Waals surface area contributed by atoms with Gasteiger partial charge in [-0.1, -0.05) is 0 Å². The predicted molar refractivity (Wildman–Crippen MR) is 84.1 cm³/mol. The second-order valence-electron chi connectivity index (χ2n) is 4.24.